The number of nitrogens with one attached hydrogen (secondary N) is 1. The van der Waals surface area contributed by atoms with Crippen LogP contribution >= 0.6 is 27.3 Å². The van der Waals surface area contributed by atoms with Crippen LogP contribution in [0.3, 0.4) is 0 Å². The molecule has 1 aromatic carbocycles. The highest BCUT2D eigenvalue weighted by Gasteiger charge is 2.08. The van der Waals surface area contributed by atoms with Crippen molar-refractivity contribution < 1.29 is 9.47 Å². The molecule has 0 aliphatic carbocycles. The fourth-order valence-electron chi connectivity index (χ4n) is 1.53. The zero-order valence-corrected chi connectivity index (χ0v) is 12.7. The zero-order chi connectivity index (χ0) is 13.8. The Morgan fingerprint density at radius 1 is 1.32 bits per heavy atom. The molecule has 0 radical (unpaired) electrons. The Kier molecular flexibility index (Phi) is 4.44. The molecule has 19 heavy (non-hydrogen) atoms. The van der Waals surface area contributed by atoms with Crippen LogP contribution in [0.4, 0.5) is 0 Å². The van der Waals surface area contributed by atoms with E-state index in [1.807, 2.05) is 12.1 Å². The van der Waals surface area contributed by atoms with Crippen molar-refractivity contribution in [2.75, 3.05) is 7.11 Å². The minimum Gasteiger partial charge on any atom is -0.493 e. The summed E-state index contributed by atoms with van der Waals surface area (Å²) < 4.78 is 12.0. The van der Waals surface area contributed by atoms with Crippen LogP contribution in [0.25, 0.3) is 0 Å². The number of halogens is 1. The molecule has 4 nitrogen and oxygen atoms in total. The fraction of sp³-hybridized carbons (Fsp3) is 0.154. The van der Waals surface area contributed by atoms with Crippen molar-refractivity contribution in [3.8, 4) is 11.5 Å². The van der Waals surface area contributed by atoms with Crippen LogP contribution in [0.15, 0.2) is 34.1 Å². The third-order valence-corrected chi connectivity index (χ3v) is 4.07. The van der Waals surface area contributed by atoms with Crippen LogP contribution in [-0.4, -0.2) is 12.9 Å². The largest absolute Gasteiger partial charge is 0.493 e. The third-order valence-electron chi connectivity index (χ3n) is 2.47. The highest BCUT2D eigenvalue weighted by molar-refractivity contribution is 9.11. The number of ether oxygens (including phenoxy) is 2. The molecule has 0 spiro atoms. The van der Waals surface area contributed by atoms with Crippen LogP contribution in [0.2, 0.25) is 0 Å². The van der Waals surface area contributed by atoms with Gasteiger partial charge in [-0.3, -0.25) is 5.41 Å². The number of hydrogen-bond donors (Lipinski definition) is 2. The molecule has 2 rings (SSSR count). The number of thiophene rings is 1. The summed E-state index contributed by atoms with van der Waals surface area (Å²) in [5.41, 5.74) is 6.05. The van der Waals surface area contributed by atoms with Gasteiger partial charge in [0, 0.05) is 10.4 Å². The summed E-state index contributed by atoms with van der Waals surface area (Å²) in [5, 5.41) is 7.39. The molecule has 0 amide bonds. The predicted molar refractivity (Wildman–Crippen MR) is 80.4 cm³/mol. The summed E-state index contributed by atoms with van der Waals surface area (Å²) in [6.45, 7) is 0.478. The van der Waals surface area contributed by atoms with E-state index in [4.69, 9.17) is 20.6 Å². The molecular formula is C13H13BrN2O2S. The smallest absolute Gasteiger partial charge is 0.161 e. The van der Waals surface area contributed by atoms with Crippen molar-refractivity contribution in [1.29, 1.82) is 5.41 Å². The molecule has 0 atom stereocenters. The molecule has 0 aliphatic heterocycles. The average Bonchev–Trinajstić information content (AvgIpc) is 2.81. The molecular weight excluding hydrogens is 328 g/mol. The number of nitrogens with two attached hydrogens (primary N) is 1. The van der Waals surface area contributed by atoms with Crippen molar-refractivity contribution in [2.45, 2.75) is 6.61 Å². The van der Waals surface area contributed by atoms with Crippen LogP contribution in [0.5, 0.6) is 11.5 Å². The molecule has 0 saturated carbocycles. The van der Waals surface area contributed by atoms with Gasteiger partial charge in [0.15, 0.2) is 11.5 Å². The second-order valence-corrected chi connectivity index (χ2v) is 6.32. The van der Waals surface area contributed by atoms with Gasteiger partial charge in [0.1, 0.15) is 12.4 Å². The first-order valence-electron chi connectivity index (χ1n) is 5.49. The maximum absolute atomic E-state index is 7.39. The lowest BCUT2D eigenvalue weighted by molar-refractivity contribution is 0.287. The van der Waals surface area contributed by atoms with Gasteiger partial charge < -0.3 is 15.2 Å². The molecule has 2 aromatic rings. The molecule has 1 aromatic heterocycles. The van der Waals surface area contributed by atoms with Gasteiger partial charge in [0.05, 0.1) is 10.9 Å². The van der Waals surface area contributed by atoms with Crippen molar-refractivity contribution in [1.82, 2.24) is 0 Å². The zero-order valence-electron chi connectivity index (χ0n) is 10.3. The first-order chi connectivity index (χ1) is 9.10. The molecule has 6 heteroatoms. The fourth-order valence-corrected chi connectivity index (χ4v) is 2.93. The Morgan fingerprint density at radius 3 is 2.68 bits per heavy atom. The highest BCUT2D eigenvalue weighted by atomic mass is 79.9. The molecule has 100 valence electrons. The standard InChI is InChI=1S/C13H13BrN2O2S/c1-17-11-6-8(13(15)16)2-4-10(11)18-7-9-3-5-12(14)19-9/h2-6H,7H2,1H3,(H3,15,16). The van der Waals surface area contributed by atoms with Gasteiger partial charge in [-0.2, -0.15) is 0 Å². The number of hydrogen-bond acceptors (Lipinski definition) is 4. The SMILES string of the molecule is COc1cc(C(=N)N)ccc1OCc1ccc(Br)s1. The normalized spacial score (nSPS) is 10.2. The van der Waals surface area contributed by atoms with E-state index in [9.17, 15) is 0 Å². The summed E-state index contributed by atoms with van der Waals surface area (Å²) in [7, 11) is 1.56. The van der Waals surface area contributed by atoms with Crippen molar-refractivity contribution in [3.05, 3.63) is 44.6 Å². The molecule has 0 unspecified atom stereocenters. The first kappa shape index (κ1) is 13.9. The Morgan fingerprint density at radius 2 is 2.11 bits per heavy atom. The van der Waals surface area contributed by atoms with E-state index in [1.54, 1.807) is 36.6 Å². The van der Waals surface area contributed by atoms with E-state index in [-0.39, 0.29) is 5.84 Å². The highest BCUT2D eigenvalue weighted by Crippen LogP contribution is 2.30. The second-order valence-electron chi connectivity index (χ2n) is 3.77. The van der Waals surface area contributed by atoms with Crippen molar-refractivity contribution >= 4 is 33.1 Å². The van der Waals surface area contributed by atoms with Gasteiger partial charge in [0.25, 0.3) is 0 Å². The monoisotopic (exact) mass is 340 g/mol. The first-order valence-corrected chi connectivity index (χ1v) is 7.10. The summed E-state index contributed by atoms with van der Waals surface area (Å²) in [6.07, 6.45) is 0. The summed E-state index contributed by atoms with van der Waals surface area (Å²) in [5.74, 6) is 1.22. The van der Waals surface area contributed by atoms with Crippen LogP contribution < -0.4 is 15.2 Å². The topological polar surface area (TPSA) is 68.3 Å². The number of rotatable bonds is 5. The maximum atomic E-state index is 7.39. The lowest BCUT2D eigenvalue weighted by Gasteiger charge is -2.11. The minimum absolute atomic E-state index is 0.00652. The second kappa shape index (κ2) is 6.08. The van der Waals surface area contributed by atoms with Gasteiger partial charge in [-0.15, -0.1) is 11.3 Å². The minimum atomic E-state index is 0.00652. The maximum Gasteiger partial charge on any atom is 0.161 e. The van der Waals surface area contributed by atoms with Gasteiger partial charge >= 0.3 is 0 Å². The number of benzene rings is 1. The van der Waals surface area contributed by atoms with Crippen molar-refractivity contribution in [2.24, 2.45) is 5.73 Å². The van der Waals surface area contributed by atoms with E-state index >= 15 is 0 Å². The Bertz CT molecular complexity index is 598. The number of methoxy groups -OCH3 is 1. The Labute approximate surface area is 123 Å². The van der Waals surface area contributed by atoms with E-state index in [0.717, 1.165) is 8.66 Å². The van der Waals surface area contributed by atoms with Crippen LogP contribution in [0.1, 0.15) is 10.4 Å². The van der Waals surface area contributed by atoms with Crippen LogP contribution in [0, 0.1) is 5.41 Å². The lowest BCUT2D eigenvalue weighted by Crippen LogP contribution is -2.11. The molecule has 1 heterocycles. The molecule has 0 saturated heterocycles. The summed E-state index contributed by atoms with van der Waals surface area (Å²) in [6, 6.07) is 9.19. The van der Waals surface area contributed by atoms with Gasteiger partial charge in [-0.1, -0.05) is 0 Å². The number of nitrogen functional groups attached to an aromatic ring is 1. The van der Waals surface area contributed by atoms with Crippen LogP contribution in [-0.2, 0) is 6.61 Å². The molecule has 0 fully saturated rings. The summed E-state index contributed by atoms with van der Waals surface area (Å²) in [4.78, 5) is 1.12. The van der Waals surface area contributed by atoms with E-state index in [0.29, 0.717) is 23.7 Å². The van der Waals surface area contributed by atoms with E-state index in [1.165, 1.54) is 0 Å². The quantitative estimate of drug-likeness (QED) is 0.647. The molecule has 0 aliphatic rings. The summed E-state index contributed by atoms with van der Waals surface area (Å²) >= 11 is 5.04. The van der Waals surface area contributed by atoms with E-state index < -0.39 is 0 Å². The van der Waals surface area contributed by atoms with Gasteiger partial charge in [-0.25, -0.2) is 0 Å². The Hall–Kier alpha value is -1.53. The van der Waals surface area contributed by atoms with E-state index in [2.05, 4.69) is 15.9 Å². The lowest BCUT2D eigenvalue weighted by atomic mass is 10.2. The third kappa shape index (κ3) is 3.48. The average molecular weight is 341 g/mol. The predicted octanol–water partition coefficient (Wildman–Crippen LogP) is 3.38. The van der Waals surface area contributed by atoms with Gasteiger partial charge in [-0.05, 0) is 46.3 Å². The molecule has 0 bridgehead atoms. The Balaban J connectivity index is 2.13. The van der Waals surface area contributed by atoms with Crippen molar-refractivity contribution in [3.63, 3.8) is 0 Å². The number of amidine groups is 1. The van der Waals surface area contributed by atoms with Gasteiger partial charge in [0.2, 0.25) is 0 Å². The molecule has 3 N–H and O–H groups in total.